The summed E-state index contributed by atoms with van der Waals surface area (Å²) in [5.74, 6) is 0.645. The van der Waals surface area contributed by atoms with Crippen LogP contribution in [0.1, 0.15) is 59.4 Å². The highest BCUT2D eigenvalue weighted by molar-refractivity contribution is 5.91. The summed E-state index contributed by atoms with van der Waals surface area (Å²) in [7, 11) is 1.68. The molecular weight excluding hydrogens is 332 g/mol. The molecule has 3 heterocycles. The van der Waals surface area contributed by atoms with Gasteiger partial charge in [-0.2, -0.15) is 10.1 Å². The number of rotatable bonds is 6. The van der Waals surface area contributed by atoms with E-state index in [2.05, 4.69) is 17.0 Å². The second kappa shape index (κ2) is 7.09. The average molecular weight is 360 g/mol. The van der Waals surface area contributed by atoms with Crippen LogP contribution in [0.2, 0.25) is 0 Å². The van der Waals surface area contributed by atoms with Gasteiger partial charge in [0.15, 0.2) is 11.2 Å². The second-order valence-electron chi connectivity index (χ2n) is 7.00. The van der Waals surface area contributed by atoms with Crippen molar-refractivity contribution in [2.75, 3.05) is 11.6 Å². The van der Waals surface area contributed by atoms with Gasteiger partial charge in [-0.15, -0.1) is 0 Å². The molecule has 0 aromatic carbocycles. The van der Waals surface area contributed by atoms with Crippen molar-refractivity contribution in [3.8, 4) is 0 Å². The zero-order valence-electron chi connectivity index (χ0n) is 16.3. The van der Waals surface area contributed by atoms with Crippen molar-refractivity contribution in [3.63, 3.8) is 0 Å². The second-order valence-corrected chi connectivity index (χ2v) is 7.00. The van der Waals surface area contributed by atoms with Crippen molar-refractivity contribution in [1.29, 1.82) is 0 Å². The molecular formula is C18H28N6O2. The predicted octanol–water partition coefficient (Wildman–Crippen LogP) is 2.25. The molecule has 0 bridgehead atoms. The summed E-state index contributed by atoms with van der Waals surface area (Å²) in [4.78, 5) is 30.4. The van der Waals surface area contributed by atoms with Crippen LogP contribution in [-0.2, 0) is 13.6 Å². The summed E-state index contributed by atoms with van der Waals surface area (Å²) in [5.41, 5.74) is 1.29. The summed E-state index contributed by atoms with van der Waals surface area (Å²) < 4.78 is 4.76. The molecule has 8 heteroatoms. The van der Waals surface area contributed by atoms with Crippen molar-refractivity contribution in [2.45, 2.75) is 66.0 Å². The zero-order valence-corrected chi connectivity index (χ0v) is 16.3. The Kier molecular flexibility index (Phi) is 5.02. The number of aryl methyl sites for hydroxylation is 1. The van der Waals surface area contributed by atoms with Crippen LogP contribution in [0, 0.1) is 0 Å². The lowest BCUT2D eigenvalue weighted by Crippen LogP contribution is -2.40. The minimum Gasteiger partial charge on any atom is -0.294 e. The van der Waals surface area contributed by atoms with E-state index in [1.54, 1.807) is 7.05 Å². The minimum atomic E-state index is -0.309. The van der Waals surface area contributed by atoms with Crippen molar-refractivity contribution in [3.05, 3.63) is 20.8 Å². The van der Waals surface area contributed by atoms with Crippen molar-refractivity contribution in [1.82, 2.24) is 18.7 Å². The number of unbranched alkanes of at least 4 members (excludes halogenated alkanes) is 2. The zero-order chi connectivity index (χ0) is 19.0. The highest BCUT2D eigenvalue weighted by atomic mass is 16.2. The molecule has 1 aliphatic rings. The van der Waals surface area contributed by atoms with Crippen LogP contribution in [0.5, 0.6) is 0 Å². The monoisotopic (exact) mass is 360 g/mol. The molecule has 3 rings (SSSR count). The predicted molar refractivity (Wildman–Crippen MR) is 104 cm³/mol. The topological polar surface area (TPSA) is 77.4 Å². The molecule has 0 saturated carbocycles. The lowest BCUT2D eigenvalue weighted by molar-refractivity contribution is 0.562. The fraction of sp³-hybridized carbons (Fsp3) is 0.667. The fourth-order valence-electron chi connectivity index (χ4n) is 3.35. The maximum atomic E-state index is 13.1. The number of nitrogens with zero attached hydrogens (tertiary/aromatic N) is 6. The maximum absolute atomic E-state index is 13.1. The molecule has 0 aliphatic carbocycles. The lowest BCUT2D eigenvalue weighted by Gasteiger charge is -2.29. The van der Waals surface area contributed by atoms with Crippen molar-refractivity contribution >= 4 is 22.8 Å². The average Bonchev–Trinajstić information content (AvgIpc) is 3.03. The van der Waals surface area contributed by atoms with Gasteiger partial charge in [-0.25, -0.2) is 9.80 Å². The summed E-state index contributed by atoms with van der Waals surface area (Å²) in [6, 6.07) is -0.0716. The van der Waals surface area contributed by atoms with Crippen LogP contribution in [0.15, 0.2) is 14.7 Å². The number of imidazole rings is 1. The first kappa shape index (κ1) is 18.4. The molecule has 26 heavy (non-hydrogen) atoms. The number of aromatic nitrogens is 4. The molecule has 142 valence electrons. The Balaban J connectivity index is 2.29. The Morgan fingerprint density at radius 2 is 1.73 bits per heavy atom. The Morgan fingerprint density at radius 1 is 1.08 bits per heavy atom. The van der Waals surface area contributed by atoms with E-state index in [4.69, 9.17) is 0 Å². The van der Waals surface area contributed by atoms with E-state index >= 15 is 0 Å². The lowest BCUT2D eigenvalue weighted by atomic mass is 10.2. The molecule has 0 radical (unpaired) electrons. The van der Waals surface area contributed by atoms with Crippen LogP contribution in [0.25, 0.3) is 11.2 Å². The van der Waals surface area contributed by atoms with Gasteiger partial charge in [-0.1, -0.05) is 26.7 Å². The number of hydrogen-bond donors (Lipinski definition) is 0. The van der Waals surface area contributed by atoms with Gasteiger partial charge in [0.1, 0.15) is 0 Å². The molecule has 2 aromatic rings. The van der Waals surface area contributed by atoms with E-state index in [9.17, 15) is 9.59 Å². The van der Waals surface area contributed by atoms with E-state index in [1.165, 1.54) is 9.13 Å². The van der Waals surface area contributed by atoms with Crippen LogP contribution in [-0.4, -0.2) is 30.9 Å². The highest BCUT2D eigenvalue weighted by Crippen LogP contribution is 2.29. The van der Waals surface area contributed by atoms with E-state index in [-0.39, 0.29) is 17.3 Å². The van der Waals surface area contributed by atoms with Gasteiger partial charge in [0.2, 0.25) is 5.95 Å². The fourth-order valence-corrected chi connectivity index (χ4v) is 3.35. The molecule has 0 amide bonds. The first-order chi connectivity index (χ1) is 12.4. The van der Waals surface area contributed by atoms with Crippen LogP contribution in [0.4, 0.5) is 5.95 Å². The van der Waals surface area contributed by atoms with Gasteiger partial charge >= 0.3 is 5.69 Å². The van der Waals surface area contributed by atoms with Gasteiger partial charge in [0.25, 0.3) is 5.56 Å². The quantitative estimate of drug-likeness (QED) is 0.792. The molecule has 2 aromatic heterocycles. The van der Waals surface area contributed by atoms with Crippen molar-refractivity contribution < 1.29 is 0 Å². The molecule has 0 spiro atoms. The maximum Gasteiger partial charge on any atom is 0.332 e. The number of fused-ring (bicyclic) bond motifs is 3. The van der Waals surface area contributed by atoms with Gasteiger partial charge in [0, 0.05) is 20.1 Å². The van der Waals surface area contributed by atoms with E-state index in [1.807, 2.05) is 30.3 Å². The first-order valence-corrected chi connectivity index (χ1v) is 9.46. The number of hydrogen-bond acceptors (Lipinski definition) is 5. The van der Waals surface area contributed by atoms with Gasteiger partial charge in [0.05, 0.1) is 11.8 Å². The molecule has 0 saturated heterocycles. The third-order valence-electron chi connectivity index (χ3n) is 5.12. The third kappa shape index (κ3) is 2.77. The summed E-state index contributed by atoms with van der Waals surface area (Å²) in [6.07, 6.45) is 3.74. The van der Waals surface area contributed by atoms with Crippen molar-refractivity contribution in [2.24, 2.45) is 12.1 Å². The summed E-state index contributed by atoms with van der Waals surface area (Å²) in [5, 5.41) is 6.52. The largest absolute Gasteiger partial charge is 0.332 e. The summed E-state index contributed by atoms with van der Waals surface area (Å²) in [6.45, 7) is 9.32. The minimum absolute atomic E-state index is 0.0716. The number of hydrazone groups is 1. The van der Waals surface area contributed by atoms with E-state index in [0.29, 0.717) is 23.7 Å². The Bertz CT molecular complexity index is 965. The van der Waals surface area contributed by atoms with Crippen LogP contribution < -0.4 is 16.3 Å². The van der Waals surface area contributed by atoms with E-state index < -0.39 is 0 Å². The van der Waals surface area contributed by atoms with Gasteiger partial charge < -0.3 is 0 Å². The summed E-state index contributed by atoms with van der Waals surface area (Å²) >= 11 is 0. The van der Waals surface area contributed by atoms with Crippen LogP contribution >= 0.6 is 0 Å². The van der Waals surface area contributed by atoms with Gasteiger partial charge in [-0.05, 0) is 26.7 Å². The SMILES string of the molecule is CCCCN1N=C(C)[C@@H](C)n2c1nc1c2c(=O)n(CCCC)c(=O)n1C. The Morgan fingerprint density at radius 3 is 2.38 bits per heavy atom. The smallest absolute Gasteiger partial charge is 0.294 e. The third-order valence-corrected chi connectivity index (χ3v) is 5.12. The highest BCUT2D eigenvalue weighted by Gasteiger charge is 2.30. The number of anilines is 1. The molecule has 8 nitrogen and oxygen atoms in total. The molecule has 0 fully saturated rings. The normalized spacial score (nSPS) is 16.9. The van der Waals surface area contributed by atoms with Crippen LogP contribution in [0.3, 0.4) is 0 Å². The standard InChI is InChI=1S/C18H28N6O2/c1-6-8-10-22-16(25)14-15(21(5)18(22)26)19-17-23(11-9-7-2)20-12(3)13(4)24(14)17/h13H,6-11H2,1-5H3/t13-/m1/s1. The molecule has 0 N–H and O–H groups in total. The Labute approximate surface area is 152 Å². The Hall–Kier alpha value is -2.38. The molecule has 1 atom stereocenters. The molecule has 0 unspecified atom stereocenters. The van der Waals surface area contributed by atoms with Gasteiger partial charge in [-0.3, -0.25) is 18.5 Å². The first-order valence-electron chi connectivity index (χ1n) is 9.46. The molecule has 1 aliphatic heterocycles. The van der Waals surface area contributed by atoms with E-state index in [0.717, 1.165) is 37.9 Å².